The molecule has 3 nitrogen and oxygen atoms in total. The lowest BCUT2D eigenvalue weighted by molar-refractivity contribution is 0.268. The summed E-state index contributed by atoms with van der Waals surface area (Å²) in [6.07, 6.45) is 0. The summed E-state index contributed by atoms with van der Waals surface area (Å²) in [6, 6.07) is 16.2. The van der Waals surface area contributed by atoms with E-state index in [2.05, 4.69) is 41.9 Å². The van der Waals surface area contributed by atoms with Crippen molar-refractivity contribution < 1.29 is 9.47 Å². The van der Waals surface area contributed by atoms with Crippen molar-refractivity contribution >= 4 is 22.9 Å². The molecule has 27 heavy (non-hydrogen) atoms. The lowest BCUT2D eigenvalue weighted by Crippen LogP contribution is -2.12. The third-order valence-electron chi connectivity index (χ3n) is 4.25. The van der Waals surface area contributed by atoms with E-state index in [0.29, 0.717) is 30.5 Å². The minimum Gasteiger partial charge on any atom is -0.490 e. The predicted octanol–water partition coefficient (Wildman–Crippen LogP) is 5.98. The molecule has 0 aliphatic heterocycles. The number of hydrogen-bond donors (Lipinski definition) is 1. The zero-order valence-electron chi connectivity index (χ0n) is 15.6. The number of halogens is 1. The number of aryl methyl sites for hydroxylation is 1. The highest BCUT2D eigenvalue weighted by Gasteiger charge is 2.12. The Hall–Kier alpha value is -2.01. The van der Waals surface area contributed by atoms with Crippen molar-refractivity contribution in [2.75, 3.05) is 6.61 Å². The number of benzene rings is 2. The van der Waals surface area contributed by atoms with Gasteiger partial charge >= 0.3 is 0 Å². The molecule has 1 aromatic heterocycles. The van der Waals surface area contributed by atoms with E-state index in [1.165, 1.54) is 10.4 Å². The lowest BCUT2D eigenvalue weighted by atomic mass is 10.1. The molecule has 0 bridgehead atoms. The molecule has 0 aliphatic carbocycles. The van der Waals surface area contributed by atoms with Gasteiger partial charge in [0, 0.05) is 29.1 Å². The molecule has 0 saturated carbocycles. The van der Waals surface area contributed by atoms with Gasteiger partial charge in [0.1, 0.15) is 6.61 Å². The summed E-state index contributed by atoms with van der Waals surface area (Å²) in [5.74, 6) is 1.40. The molecule has 0 aliphatic rings. The van der Waals surface area contributed by atoms with Crippen LogP contribution < -0.4 is 14.8 Å². The number of rotatable bonds is 9. The highest BCUT2D eigenvalue weighted by molar-refractivity contribution is 7.09. The molecular weight excluding hydrogens is 378 g/mol. The molecule has 3 rings (SSSR count). The van der Waals surface area contributed by atoms with E-state index >= 15 is 0 Å². The van der Waals surface area contributed by atoms with Crippen LogP contribution in [0.4, 0.5) is 0 Å². The topological polar surface area (TPSA) is 30.5 Å². The van der Waals surface area contributed by atoms with Crippen LogP contribution in [-0.4, -0.2) is 6.61 Å². The fourth-order valence-electron chi connectivity index (χ4n) is 2.75. The molecule has 0 unspecified atom stereocenters. The monoisotopic (exact) mass is 401 g/mol. The third kappa shape index (κ3) is 5.48. The SMILES string of the molecule is CCOc1cc(CNCc2cccs2)c(Cl)cc1OCc1ccccc1C. The van der Waals surface area contributed by atoms with Gasteiger partial charge in [-0.2, -0.15) is 0 Å². The van der Waals surface area contributed by atoms with Gasteiger partial charge in [-0.3, -0.25) is 0 Å². The summed E-state index contributed by atoms with van der Waals surface area (Å²) >= 11 is 8.24. The first-order valence-corrected chi connectivity index (χ1v) is 10.3. The van der Waals surface area contributed by atoms with Gasteiger partial charge in [0.2, 0.25) is 0 Å². The Kier molecular flexibility index (Phi) is 7.16. The quantitative estimate of drug-likeness (QED) is 0.478. The van der Waals surface area contributed by atoms with Crippen LogP contribution >= 0.6 is 22.9 Å². The van der Waals surface area contributed by atoms with Crippen molar-refractivity contribution in [2.45, 2.75) is 33.5 Å². The van der Waals surface area contributed by atoms with Gasteiger partial charge in [0.05, 0.1) is 6.61 Å². The van der Waals surface area contributed by atoms with Crippen LogP contribution in [0.1, 0.15) is 28.5 Å². The summed E-state index contributed by atoms with van der Waals surface area (Å²) in [5.41, 5.74) is 3.36. The normalized spacial score (nSPS) is 10.8. The van der Waals surface area contributed by atoms with Gasteiger partial charge < -0.3 is 14.8 Å². The van der Waals surface area contributed by atoms with Crippen LogP contribution in [0.3, 0.4) is 0 Å². The highest BCUT2D eigenvalue weighted by atomic mass is 35.5. The second-order valence-corrected chi connectivity index (χ2v) is 7.66. The third-order valence-corrected chi connectivity index (χ3v) is 5.48. The van der Waals surface area contributed by atoms with Gasteiger partial charge in [-0.05, 0) is 48.1 Å². The molecular formula is C22H24ClNO2S. The summed E-state index contributed by atoms with van der Waals surface area (Å²) < 4.78 is 11.8. The summed E-state index contributed by atoms with van der Waals surface area (Å²) in [4.78, 5) is 1.30. The van der Waals surface area contributed by atoms with Gasteiger partial charge in [-0.1, -0.05) is 41.9 Å². The van der Waals surface area contributed by atoms with E-state index in [4.69, 9.17) is 21.1 Å². The van der Waals surface area contributed by atoms with Crippen molar-refractivity contribution in [3.8, 4) is 11.5 Å². The second kappa shape index (κ2) is 9.79. The zero-order chi connectivity index (χ0) is 19.1. The summed E-state index contributed by atoms with van der Waals surface area (Å²) in [5, 5.41) is 6.19. The molecule has 2 aromatic carbocycles. The number of hydrogen-bond acceptors (Lipinski definition) is 4. The number of thiophene rings is 1. The van der Waals surface area contributed by atoms with Gasteiger partial charge in [0.25, 0.3) is 0 Å². The highest BCUT2D eigenvalue weighted by Crippen LogP contribution is 2.34. The van der Waals surface area contributed by atoms with Crippen molar-refractivity contribution in [1.82, 2.24) is 5.32 Å². The maximum absolute atomic E-state index is 6.50. The zero-order valence-corrected chi connectivity index (χ0v) is 17.2. The van der Waals surface area contributed by atoms with E-state index in [1.54, 1.807) is 11.3 Å². The van der Waals surface area contributed by atoms with Crippen molar-refractivity contribution in [3.63, 3.8) is 0 Å². The Labute approximate surface area is 169 Å². The van der Waals surface area contributed by atoms with E-state index in [9.17, 15) is 0 Å². The summed E-state index contributed by atoms with van der Waals surface area (Å²) in [7, 11) is 0. The number of nitrogens with one attached hydrogen (secondary N) is 1. The van der Waals surface area contributed by atoms with Gasteiger partial charge in [0.15, 0.2) is 11.5 Å². The van der Waals surface area contributed by atoms with Crippen LogP contribution in [0.2, 0.25) is 5.02 Å². The molecule has 0 radical (unpaired) electrons. The smallest absolute Gasteiger partial charge is 0.163 e. The van der Waals surface area contributed by atoms with E-state index in [-0.39, 0.29) is 0 Å². The van der Waals surface area contributed by atoms with E-state index in [0.717, 1.165) is 23.4 Å². The van der Waals surface area contributed by atoms with Crippen molar-refractivity contribution in [1.29, 1.82) is 0 Å². The first-order valence-electron chi connectivity index (χ1n) is 9.03. The van der Waals surface area contributed by atoms with Gasteiger partial charge in [-0.25, -0.2) is 0 Å². The van der Waals surface area contributed by atoms with Crippen LogP contribution in [0.15, 0.2) is 53.9 Å². The fraction of sp³-hybridized carbons (Fsp3) is 0.273. The standard InChI is InChI=1S/C22H24ClNO2S/c1-3-25-21-11-18(13-24-14-19-9-6-10-27-19)20(23)12-22(21)26-15-17-8-5-4-7-16(17)2/h4-12,24H,3,13-15H2,1-2H3. The molecule has 5 heteroatoms. The van der Waals surface area contributed by atoms with Gasteiger partial charge in [-0.15, -0.1) is 11.3 Å². The maximum Gasteiger partial charge on any atom is 0.163 e. The molecule has 0 amide bonds. The molecule has 0 saturated heterocycles. The van der Waals surface area contributed by atoms with Crippen molar-refractivity contribution in [3.05, 3.63) is 80.5 Å². The average Bonchev–Trinajstić information content (AvgIpc) is 3.17. The molecule has 1 heterocycles. The predicted molar refractivity (Wildman–Crippen MR) is 113 cm³/mol. The molecule has 1 N–H and O–H groups in total. The van der Waals surface area contributed by atoms with Crippen LogP contribution in [-0.2, 0) is 19.7 Å². The molecule has 0 atom stereocenters. The average molecular weight is 402 g/mol. The Balaban J connectivity index is 1.70. The van der Waals surface area contributed by atoms with Crippen molar-refractivity contribution in [2.24, 2.45) is 0 Å². The van der Waals surface area contributed by atoms with E-state index in [1.807, 2.05) is 31.2 Å². The minimum atomic E-state index is 0.485. The Morgan fingerprint density at radius 2 is 1.78 bits per heavy atom. The molecule has 0 spiro atoms. The minimum absolute atomic E-state index is 0.485. The van der Waals surface area contributed by atoms with Crippen LogP contribution in [0, 0.1) is 6.92 Å². The first-order chi connectivity index (χ1) is 13.2. The van der Waals surface area contributed by atoms with Crippen LogP contribution in [0.5, 0.6) is 11.5 Å². The summed E-state index contributed by atoms with van der Waals surface area (Å²) in [6.45, 7) is 6.60. The largest absolute Gasteiger partial charge is 0.490 e. The molecule has 3 aromatic rings. The molecule has 142 valence electrons. The second-order valence-electron chi connectivity index (χ2n) is 6.22. The van der Waals surface area contributed by atoms with Crippen LogP contribution in [0.25, 0.3) is 0 Å². The number of ether oxygens (including phenoxy) is 2. The fourth-order valence-corrected chi connectivity index (χ4v) is 3.65. The Morgan fingerprint density at radius 1 is 0.963 bits per heavy atom. The first kappa shape index (κ1) is 19.7. The Bertz CT molecular complexity index is 865. The Morgan fingerprint density at radius 3 is 2.52 bits per heavy atom. The van der Waals surface area contributed by atoms with E-state index < -0.39 is 0 Å². The molecule has 0 fully saturated rings. The lowest BCUT2D eigenvalue weighted by Gasteiger charge is -2.16. The maximum atomic E-state index is 6.50.